The first kappa shape index (κ1) is 28.9. The van der Waals surface area contributed by atoms with Crippen LogP contribution in [0.5, 0.6) is 11.5 Å². The van der Waals surface area contributed by atoms with Crippen LogP contribution in [0.25, 0.3) is 23.2 Å². The number of thioether (sulfide) groups is 1. The van der Waals surface area contributed by atoms with E-state index in [9.17, 15) is 9.59 Å². The summed E-state index contributed by atoms with van der Waals surface area (Å²) in [7, 11) is 3.25. The van der Waals surface area contributed by atoms with Gasteiger partial charge in [-0.3, -0.25) is 14.2 Å². The molecule has 1 atom stereocenters. The van der Waals surface area contributed by atoms with Crippen LogP contribution < -0.4 is 9.47 Å². The van der Waals surface area contributed by atoms with E-state index in [-0.39, 0.29) is 23.6 Å². The molecule has 5 rings (SSSR count). The summed E-state index contributed by atoms with van der Waals surface area (Å²) in [6, 6.07) is 24.9. The van der Waals surface area contributed by atoms with Gasteiger partial charge in [-0.2, -0.15) is 0 Å². The van der Waals surface area contributed by atoms with Crippen molar-refractivity contribution in [2.45, 2.75) is 18.1 Å². The van der Waals surface area contributed by atoms with Crippen molar-refractivity contribution in [1.29, 1.82) is 0 Å². The van der Waals surface area contributed by atoms with E-state index < -0.39 is 0 Å². The van der Waals surface area contributed by atoms with Gasteiger partial charge >= 0.3 is 0 Å². The van der Waals surface area contributed by atoms with Crippen LogP contribution >= 0.6 is 11.8 Å². The number of hydrogen-bond donors (Lipinski definition) is 0. The smallest absolute Gasteiger partial charge is 0.246 e. The quantitative estimate of drug-likeness (QED) is 0.206. The number of nitrogens with zero attached hydrogens (tertiary/aromatic N) is 5. The largest absolute Gasteiger partial charge is 0.497 e. The first-order valence-electron chi connectivity index (χ1n) is 13.7. The maximum Gasteiger partial charge on any atom is 0.246 e. The fourth-order valence-corrected chi connectivity index (χ4v) is 5.69. The number of ether oxygens (including phenoxy) is 2. The second-order valence-electron chi connectivity index (χ2n) is 9.82. The summed E-state index contributed by atoms with van der Waals surface area (Å²) in [5.41, 5.74) is 2.66. The molecular formula is C32H33N5O4S. The van der Waals surface area contributed by atoms with Gasteiger partial charge in [0.25, 0.3) is 0 Å². The average Bonchev–Trinajstić information content (AvgIpc) is 3.47. The van der Waals surface area contributed by atoms with Crippen molar-refractivity contribution < 1.29 is 19.1 Å². The molecular weight excluding hydrogens is 550 g/mol. The molecule has 0 saturated carbocycles. The summed E-state index contributed by atoms with van der Waals surface area (Å²) >= 11 is 1.34. The predicted molar refractivity (Wildman–Crippen MR) is 164 cm³/mol. The van der Waals surface area contributed by atoms with Gasteiger partial charge in [-0.15, -0.1) is 10.2 Å². The molecule has 1 aliphatic heterocycles. The second-order valence-corrected chi connectivity index (χ2v) is 10.8. The highest BCUT2D eigenvalue weighted by molar-refractivity contribution is 7.99. The number of benzene rings is 3. The van der Waals surface area contributed by atoms with Crippen molar-refractivity contribution in [1.82, 2.24) is 24.6 Å². The van der Waals surface area contributed by atoms with Gasteiger partial charge in [0.2, 0.25) is 11.8 Å². The van der Waals surface area contributed by atoms with Gasteiger partial charge in [0.1, 0.15) is 11.5 Å². The Hall–Kier alpha value is -4.57. The zero-order valence-electron chi connectivity index (χ0n) is 23.8. The van der Waals surface area contributed by atoms with Crippen LogP contribution in [-0.4, -0.2) is 82.0 Å². The van der Waals surface area contributed by atoms with Crippen LogP contribution in [0.1, 0.15) is 12.5 Å². The molecule has 0 aliphatic carbocycles. The third-order valence-corrected chi connectivity index (χ3v) is 8.01. The molecule has 0 bridgehead atoms. The van der Waals surface area contributed by atoms with Crippen LogP contribution in [0.3, 0.4) is 0 Å². The van der Waals surface area contributed by atoms with Gasteiger partial charge in [-0.05, 0) is 55.0 Å². The molecule has 10 heteroatoms. The van der Waals surface area contributed by atoms with Gasteiger partial charge in [-0.25, -0.2) is 0 Å². The Bertz CT molecular complexity index is 1550. The number of hydrogen-bond acceptors (Lipinski definition) is 7. The lowest BCUT2D eigenvalue weighted by Crippen LogP contribution is -2.55. The zero-order valence-corrected chi connectivity index (χ0v) is 24.7. The van der Waals surface area contributed by atoms with Crippen LogP contribution in [0.4, 0.5) is 0 Å². The van der Waals surface area contributed by atoms with Gasteiger partial charge in [-0.1, -0.05) is 54.2 Å². The highest BCUT2D eigenvalue weighted by atomic mass is 32.2. The molecule has 1 unspecified atom stereocenters. The van der Waals surface area contributed by atoms with Gasteiger partial charge in [0.15, 0.2) is 11.0 Å². The molecule has 2 amide bonds. The number of piperazine rings is 1. The molecule has 1 saturated heterocycles. The van der Waals surface area contributed by atoms with E-state index in [4.69, 9.17) is 9.47 Å². The number of methoxy groups -OCH3 is 2. The van der Waals surface area contributed by atoms with E-state index in [2.05, 4.69) is 10.2 Å². The lowest BCUT2D eigenvalue weighted by atomic mass is 10.1. The summed E-state index contributed by atoms with van der Waals surface area (Å²) in [5.74, 6) is 2.22. The Kier molecular flexibility index (Phi) is 9.23. The Labute approximate surface area is 249 Å². The molecule has 1 aliphatic rings. The molecule has 0 radical (unpaired) electrons. The van der Waals surface area contributed by atoms with E-state index in [1.165, 1.54) is 11.8 Å². The monoisotopic (exact) mass is 583 g/mol. The van der Waals surface area contributed by atoms with E-state index in [1.54, 1.807) is 20.3 Å². The van der Waals surface area contributed by atoms with Crippen molar-refractivity contribution >= 4 is 29.7 Å². The highest BCUT2D eigenvalue weighted by Gasteiger charge is 2.29. The minimum atomic E-state index is -0.0942. The molecule has 2 heterocycles. The SMILES string of the molecule is COc1ccc(-n2c(SCC(=O)N3CCN(C(=O)/C=C/c4ccccc4)C(C)C3)nnc2-c2cccc(OC)c2)cc1. The molecule has 3 aromatic carbocycles. The van der Waals surface area contributed by atoms with Crippen molar-refractivity contribution in [2.24, 2.45) is 0 Å². The minimum absolute atomic E-state index is 0.00834. The van der Waals surface area contributed by atoms with Crippen molar-refractivity contribution in [3.8, 4) is 28.6 Å². The number of carbonyl (C=O) groups is 2. The van der Waals surface area contributed by atoms with Crippen molar-refractivity contribution in [3.63, 3.8) is 0 Å². The van der Waals surface area contributed by atoms with E-state index in [0.717, 1.165) is 22.6 Å². The van der Waals surface area contributed by atoms with Crippen LogP contribution in [0, 0.1) is 0 Å². The summed E-state index contributed by atoms with van der Waals surface area (Å²) in [6.45, 7) is 3.42. The highest BCUT2D eigenvalue weighted by Crippen LogP contribution is 2.30. The first-order valence-corrected chi connectivity index (χ1v) is 14.6. The maximum atomic E-state index is 13.3. The molecule has 9 nitrogen and oxygen atoms in total. The molecule has 1 fully saturated rings. The summed E-state index contributed by atoms with van der Waals surface area (Å²) in [5, 5.41) is 9.53. The molecule has 0 spiro atoms. The topological polar surface area (TPSA) is 89.8 Å². The summed E-state index contributed by atoms with van der Waals surface area (Å²) < 4.78 is 12.7. The van der Waals surface area contributed by atoms with Gasteiger partial charge in [0.05, 0.1) is 20.0 Å². The average molecular weight is 584 g/mol. The standard InChI is InChI=1S/C32H33N5O4S/c1-23-21-35(18-19-36(23)29(38)17-12-24-8-5-4-6-9-24)30(39)22-42-32-34-33-31(25-10-7-11-28(20-25)41-3)37(32)26-13-15-27(40-2)16-14-26/h4-17,20,23H,18-19,21-22H2,1-3H3/b17-12+. The van der Waals surface area contributed by atoms with E-state index in [0.29, 0.717) is 36.4 Å². The Morgan fingerprint density at radius 2 is 1.69 bits per heavy atom. The Morgan fingerprint density at radius 3 is 2.40 bits per heavy atom. The summed E-state index contributed by atoms with van der Waals surface area (Å²) in [4.78, 5) is 29.8. The normalized spacial score (nSPS) is 15.2. The molecule has 0 N–H and O–H groups in total. The lowest BCUT2D eigenvalue weighted by Gasteiger charge is -2.39. The Balaban J connectivity index is 1.27. The summed E-state index contributed by atoms with van der Waals surface area (Å²) in [6.07, 6.45) is 3.42. The van der Waals surface area contributed by atoms with Crippen molar-refractivity contribution in [2.75, 3.05) is 39.6 Å². The second kappa shape index (κ2) is 13.4. The van der Waals surface area contributed by atoms with E-state index >= 15 is 0 Å². The Morgan fingerprint density at radius 1 is 0.929 bits per heavy atom. The lowest BCUT2D eigenvalue weighted by molar-refractivity contribution is -0.138. The predicted octanol–water partition coefficient (Wildman–Crippen LogP) is 4.82. The molecule has 42 heavy (non-hydrogen) atoms. The molecule has 216 valence electrons. The third-order valence-electron chi connectivity index (χ3n) is 7.10. The van der Waals surface area contributed by atoms with Gasteiger partial charge in [0, 0.05) is 43.0 Å². The van der Waals surface area contributed by atoms with E-state index in [1.807, 2.05) is 106 Å². The maximum absolute atomic E-state index is 13.3. The fourth-order valence-electron chi connectivity index (χ4n) is 4.83. The minimum Gasteiger partial charge on any atom is -0.497 e. The first-order chi connectivity index (χ1) is 20.5. The number of rotatable bonds is 9. The third kappa shape index (κ3) is 6.66. The number of aromatic nitrogens is 3. The van der Waals surface area contributed by atoms with Crippen LogP contribution in [0.15, 0.2) is 90.1 Å². The zero-order chi connectivity index (χ0) is 29.5. The van der Waals surface area contributed by atoms with Gasteiger partial charge < -0.3 is 19.3 Å². The fraction of sp³-hybridized carbons (Fsp3) is 0.250. The number of carbonyl (C=O) groups excluding carboxylic acids is 2. The number of amides is 2. The van der Waals surface area contributed by atoms with Crippen LogP contribution in [-0.2, 0) is 9.59 Å². The van der Waals surface area contributed by atoms with Crippen LogP contribution in [0.2, 0.25) is 0 Å². The molecule has 4 aromatic rings. The van der Waals surface area contributed by atoms with Crippen molar-refractivity contribution in [3.05, 3.63) is 90.5 Å². The molecule has 1 aromatic heterocycles.